The van der Waals surface area contributed by atoms with Crippen molar-refractivity contribution >= 4 is 11.9 Å². The van der Waals surface area contributed by atoms with Crippen molar-refractivity contribution in [2.45, 2.75) is 302 Å². The number of carbonyl (C=O) groups excluding carboxylic acids is 2. The average Bonchev–Trinajstić information content (AvgIpc) is 3.35. The zero-order valence-corrected chi connectivity index (χ0v) is 46.1. The fourth-order valence-corrected chi connectivity index (χ4v) is 8.74. The summed E-state index contributed by atoms with van der Waals surface area (Å²) in [6.07, 6.45) is 75.1. The average molecular weight is 977 g/mol. The van der Waals surface area contributed by atoms with E-state index in [4.69, 9.17) is 4.74 Å². The van der Waals surface area contributed by atoms with Crippen LogP contribution in [-0.4, -0.2) is 46.9 Å². The molecule has 0 saturated carbocycles. The molecule has 0 aliphatic carbocycles. The molecule has 0 rings (SSSR count). The van der Waals surface area contributed by atoms with Crippen molar-refractivity contribution in [1.29, 1.82) is 0 Å². The van der Waals surface area contributed by atoms with E-state index in [0.29, 0.717) is 19.3 Å². The highest BCUT2D eigenvalue weighted by Gasteiger charge is 2.24. The van der Waals surface area contributed by atoms with E-state index in [-0.39, 0.29) is 24.9 Å². The van der Waals surface area contributed by atoms with Crippen LogP contribution in [0.25, 0.3) is 0 Å². The number of ether oxygens (including phenoxy) is 1. The lowest BCUT2D eigenvalue weighted by atomic mass is 10.0. The molecule has 0 heterocycles. The molecule has 0 bridgehead atoms. The van der Waals surface area contributed by atoms with Gasteiger partial charge in [-0.05, 0) is 96.3 Å². The summed E-state index contributed by atoms with van der Waals surface area (Å²) >= 11 is 0. The van der Waals surface area contributed by atoms with Crippen molar-refractivity contribution in [3.05, 3.63) is 85.1 Å². The van der Waals surface area contributed by atoms with Gasteiger partial charge < -0.3 is 20.3 Å². The molecule has 6 heteroatoms. The molecule has 0 fully saturated rings. The van der Waals surface area contributed by atoms with E-state index < -0.39 is 18.2 Å². The minimum absolute atomic E-state index is 0.0432. The van der Waals surface area contributed by atoms with Crippen LogP contribution in [0.3, 0.4) is 0 Å². The van der Waals surface area contributed by atoms with Gasteiger partial charge in [-0.2, -0.15) is 0 Å². The quantitative estimate of drug-likeness (QED) is 0.0244. The fourth-order valence-electron chi connectivity index (χ4n) is 8.74. The van der Waals surface area contributed by atoms with Gasteiger partial charge >= 0.3 is 5.97 Å². The van der Waals surface area contributed by atoms with Crippen molar-refractivity contribution in [2.75, 3.05) is 6.61 Å². The van der Waals surface area contributed by atoms with Gasteiger partial charge in [0.2, 0.25) is 5.91 Å². The molecule has 3 N–H and O–H groups in total. The highest BCUT2D eigenvalue weighted by atomic mass is 16.5. The number of rotatable bonds is 53. The maximum Gasteiger partial charge on any atom is 0.306 e. The summed E-state index contributed by atoms with van der Waals surface area (Å²) in [5.41, 5.74) is 0. The molecule has 404 valence electrons. The van der Waals surface area contributed by atoms with Gasteiger partial charge in [0.1, 0.15) is 6.10 Å². The summed E-state index contributed by atoms with van der Waals surface area (Å²) in [4.78, 5) is 26.3. The zero-order chi connectivity index (χ0) is 50.9. The number of esters is 1. The minimum atomic E-state index is -0.806. The third-order valence-electron chi connectivity index (χ3n) is 13.2. The maximum absolute atomic E-state index is 13.3. The van der Waals surface area contributed by atoms with Crippen LogP contribution in [-0.2, 0) is 14.3 Å². The fraction of sp³-hybridized carbons (Fsp3) is 0.750. The van der Waals surface area contributed by atoms with Gasteiger partial charge in [-0.25, -0.2) is 0 Å². The van der Waals surface area contributed by atoms with Gasteiger partial charge in [0.15, 0.2) is 0 Å². The molecule has 0 saturated heterocycles. The number of aliphatic hydroxyl groups is 2. The molecular formula is C64H113NO5. The summed E-state index contributed by atoms with van der Waals surface area (Å²) in [6.45, 7) is 6.37. The summed E-state index contributed by atoms with van der Waals surface area (Å²) in [5.74, 6) is -0.535. The van der Waals surface area contributed by atoms with Crippen molar-refractivity contribution < 1.29 is 24.5 Å². The van der Waals surface area contributed by atoms with E-state index in [1.165, 1.54) is 128 Å². The van der Waals surface area contributed by atoms with Crippen molar-refractivity contribution in [2.24, 2.45) is 0 Å². The Labute approximate surface area is 433 Å². The summed E-state index contributed by atoms with van der Waals surface area (Å²) in [6, 6.07) is -0.723. The van der Waals surface area contributed by atoms with Crippen LogP contribution in [0.15, 0.2) is 85.1 Å². The van der Waals surface area contributed by atoms with E-state index in [0.717, 1.165) is 109 Å². The molecule has 1 amide bonds. The number of hydrogen-bond acceptors (Lipinski definition) is 5. The maximum atomic E-state index is 13.3. The van der Waals surface area contributed by atoms with Gasteiger partial charge in [-0.1, -0.05) is 260 Å². The Morgan fingerprint density at radius 1 is 0.443 bits per heavy atom. The normalized spacial score (nSPS) is 13.7. The lowest BCUT2D eigenvalue weighted by Gasteiger charge is -2.24. The Bertz CT molecular complexity index is 1330. The highest BCUT2D eigenvalue weighted by molar-refractivity contribution is 5.77. The van der Waals surface area contributed by atoms with E-state index >= 15 is 0 Å². The highest BCUT2D eigenvalue weighted by Crippen LogP contribution is 2.18. The lowest BCUT2D eigenvalue weighted by molar-refractivity contribution is -0.151. The number of hydrogen-bond donors (Lipinski definition) is 3. The Balaban J connectivity index is 4.66. The SMILES string of the molecule is CC/C=C\C/C=C\C/C=C\C/C=C\C/C=C\CCCCCC(=O)OC(CCCCC/C=C/C=C/CCCCCCCCC)CC(=O)NC(CO)C(O)CCCCCCCCCCCCCCCCCC. The Hall–Kier alpha value is -2.96. The van der Waals surface area contributed by atoms with E-state index in [2.05, 4.69) is 111 Å². The molecule has 3 unspecified atom stereocenters. The van der Waals surface area contributed by atoms with Gasteiger partial charge in [-0.3, -0.25) is 9.59 Å². The number of carbonyl (C=O) groups is 2. The predicted molar refractivity (Wildman–Crippen MR) is 305 cm³/mol. The van der Waals surface area contributed by atoms with Crippen molar-refractivity contribution in [3.63, 3.8) is 0 Å². The summed E-state index contributed by atoms with van der Waals surface area (Å²) in [7, 11) is 0. The van der Waals surface area contributed by atoms with E-state index in [9.17, 15) is 19.8 Å². The van der Waals surface area contributed by atoms with Gasteiger partial charge in [-0.15, -0.1) is 0 Å². The van der Waals surface area contributed by atoms with Crippen LogP contribution in [0.1, 0.15) is 284 Å². The van der Waals surface area contributed by atoms with Gasteiger partial charge in [0.05, 0.1) is 25.2 Å². The molecule has 70 heavy (non-hydrogen) atoms. The molecule has 0 aromatic heterocycles. The molecule has 0 radical (unpaired) electrons. The first-order chi connectivity index (χ1) is 34.5. The zero-order valence-electron chi connectivity index (χ0n) is 46.1. The summed E-state index contributed by atoms with van der Waals surface area (Å²) in [5, 5.41) is 23.9. The topological polar surface area (TPSA) is 95.9 Å². The van der Waals surface area contributed by atoms with Gasteiger partial charge in [0.25, 0.3) is 0 Å². The Morgan fingerprint density at radius 3 is 1.27 bits per heavy atom. The minimum Gasteiger partial charge on any atom is -0.462 e. The third kappa shape index (κ3) is 51.4. The Morgan fingerprint density at radius 2 is 0.814 bits per heavy atom. The lowest BCUT2D eigenvalue weighted by Crippen LogP contribution is -2.46. The number of aliphatic hydroxyl groups excluding tert-OH is 2. The molecule has 3 atom stereocenters. The monoisotopic (exact) mass is 976 g/mol. The van der Waals surface area contributed by atoms with E-state index in [1.807, 2.05) is 0 Å². The first-order valence-electron chi connectivity index (χ1n) is 29.8. The molecule has 0 aromatic carbocycles. The standard InChI is InChI=1S/C64H113NO5/c1-4-7-10-13-16-19-22-25-28-31-32-33-36-39-42-45-48-51-54-57-64(69)70-60(55-52-49-46-43-40-37-34-29-26-23-20-17-14-11-8-5-2)58-63(68)65-61(59-66)62(67)56-53-50-47-44-41-38-35-30-27-24-21-18-15-12-9-6-3/h7,10,16,19,25,28-29,32-34,37,39-40,42,60-62,66-67H,4-6,8-9,11-15,17-18,20-24,26-27,30-31,35-36,38,41,43-59H2,1-3H3,(H,65,68)/b10-7-,19-16-,28-25-,33-32-,34-29+,40-37+,42-39-. The van der Waals surface area contributed by atoms with Gasteiger partial charge in [0, 0.05) is 6.42 Å². The molecule has 0 spiro atoms. The molecular weight excluding hydrogens is 863 g/mol. The van der Waals surface area contributed by atoms with Crippen molar-refractivity contribution in [1.82, 2.24) is 5.32 Å². The van der Waals surface area contributed by atoms with E-state index in [1.54, 1.807) is 0 Å². The smallest absolute Gasteiger partial charge is 0.306 e. The summed E-state index contributed by atoms with van der Waals surface area (Å²) < 4.78 is 5.94. The number of unbranched alkanes of at least 4 members (excludes halogenated alkanes) is 28. The number of amides is 1. The molecule has 6 nitrogen and oxygen atoms in total. The van der Waals surface area contributed by atoms with Crippen LogP contribution in [0.2, 0.25) is 0 Å². The predicted octanol–water partition coefficient (Wildman–Crippen LogP) is 18.7. The van der Waals surface area contributed by atoms with Crippen LogP contribution in [0, 0.1) is 0 Å². The van der Waals surface area contributed by atoms with Crippen LogP contribution in [0.4, 0.5) is 0 Å². The third-order valence-corrected chi connectivity index (χ3v) is 13.2. The molecule has 0 aliphatic heterocycles. The van der Waals surface area contributed by atoms with Crippen LogP contribution >= 0.6 is 0 Å². The van der Waals surface area contributed by atoms with Crippen LogP contribution < -0.4 is 5.32 Å². The Kier molecular flexibility index (Phi) is 54.5. The second kappa shape index (κ2) is 56.9. The molecule has 0 aliphatic rings. The number of nitrogens with one attached hydrogen (secondary N) is 1. The molecule has 0 aromatic rings. The number of allylic oxidation sites excluding steroid dienone is 14. The van der Waals surface area contributed by atoms with Crippen LogP contribution in [0.5, 0.6) is 0 Å². The second-order valence-corrected chi connectivity index (χ2v) is 20.0. The largest absolute Gasteiger partial charge is 0.462 e. The first-order valence-corrected chi connectivity index (χ1v) is 29.8. The first kappa shape index (κ1) is 67.0. The second-order valence-electron chi connectivity index (χ2n) is 20.0. The van der Waals surface area contributed by atoms with Crippen molar-refractivity contribution in [3.8, 4) is 0 Å².